The average molecular weight is 272 g/mol. The van der Waals surface area contributed by atoms with E-state index in [1.54, 1.807) is 13.3 Å². The summed E-state index contributed by atoms with van der Waals surface area (Å²) in [4.78, 5) is 19.3. The van der Waals surface area contributed by atoms with Crippen LogP contribution in [0.5, 0.6) is 5.75 Å². The van der Waals surface area contributed by atoms with Gasteiger partial charge in [-0.05, 0) is 30.2 Å². The minimum atomic E-state index is -0.920. The zero-order chi connectivity index (χ0) is 14.5. The number of benzene rings is 1. The molecule has 20 heavy (non-hydrogen) atoms. The van der Waals surface area contributed by atoms with Crippen LogP contribution in [0.3, 0.4) is 0 Å². The van der Waals surface area contributed by atoms with Crippen LogP contribution in [0.4, 0.5) is 0 Å². The first-order valence-corrected chi connectivity index (χ1v) is 6.34. The van der Waals surface area contributed by atoms with Crippen LogP contribution < -0.4 is 4.74 Å². The molecule has 0 fully saturated rings. The fourth-order valence-corrected chi connectivity index (χ4v) is 2.08. The lowest BCUT2D eigenvalue weighted by atomic mass is 10.0. The minimum absolute atomic E-state index is 0.142. The van der Waals surface area contributed by atoms with Crippen molar-refractivity contribution in [3.05, 3.63) is 41.9 Å². The molecule has 1 aromatic heterocycles. The van der Waals surface area contributed by atoms with E-state index in [2.05, 4.69) is 9.97 Å². The predicted octanol–water partition coefficient (Wildman–Crippen LogP) is 2.34. The molecular weight excluding hydrogens is 256 g/mol. The molecule has 0 amide bonds. The summed E-state index contributed by atoms with van der Waals surface area (Å²) in [6.45, 7) is 2.04. The molecule has 2 aromatic rings. The number of aryl methyl sites for hydroxylation is 1. The first kappa shape index (κ1) is 14.0. The fourth-order valence-electron chi connectivity index (χ4n) is 2.08. The van der Waals surface area contributed by atoms with Crippen LogP contribution in [-0.2, 0) is 17.6 Å². The van der Waals surface area contributed by atoms with Crippen LogP contribution in [0.25, 0.3) is 11.3 Å². The van der Waals surface area contributed by atoms with Crippen molar-refractivity contribution in [1.29, 1.82) is 0 Å². The van der Waals surface area contributed by atoms with Crippen LogP contribution >= 0.6 is 0 Å². The molecule has 104 valence electrons. The number of rotatable bonds is 5. The van der Waals surface area contributed by atoms with E-state index < -0.39 is 5.97 Å². The fraction of sp³-hybridized carbons (Fsp3) is 0.267. The lowest BCUT2D eigenvalue weighted by Crippen LogP contribution is -2.05. The van der Waals surface area contributed by atoms with Gasteiger partial charge in [0.2, 0.25) is 0 Å². The molecule has 1 heterocycles. The molecule has 1 aromatic carbocycles. The Balaban J connectivity index is 2.48. The summed E-state index contributed by atoms with van der Waals surface area (Å²) in [7, 11) is 1.63. The smallest absolute Gasteiger partial charge is 0.309 e. The van der Waals surface area contributed by atoms with Crippen molar-refractivity contribution in [2.24, 2.45) is 0 Å². The molecule has 0 saturated heterocycles. The van der Waals surface area contributed by atoms with Gasteiger partial charge in [-0.1, -0.05) is 6.92 Å². The van der Waals surface area contributed by atoms with Gasteiger partial charge in [-0.25, -0.2) is 0 Å². The monoisotopic (exact) mass is 272 g/mol. The average Bonchev–Trinajstić information content (AvgIpc) is 2.46. The number of carboxylic acids is 1. The Morgan fingerprint density at radius 3 is 2.70 bits per heavy atom. The molecule has 0 aliphatic heterocycles. The normalized spacial score (nSPS) is 10.3. The summed E-state index contributed by atoms with van der Waals surface area (Å²) in [5.41, 5.74) is 2.98. The largest absolute Gasteiger partial charge is 0.496 e. The highest BCUT2D eigenvalue weighted by molar-refractivity contribution is 5.74. The number of aromatic nitrogens is 2. The second-order valence-electron chi connectivity index (χ2n) is 4.30. The molecule has 0 bridgehead atoms. The van der Waals surface area contributed by atoms with Crippen LogP contribution in [-0.4, -0.2) is 28.2 Å². The van der Waals surface area contributed by atoms with Crippen LogP contribution in [0, 0.1) is 0 Å². The predicted molar refractivity (Wildman–Crippen MR) is 74.7 cm³/mol. The van der Waals surface area contributed by atoms with Gasteiger partial charge < -0.3 is 9.84 Å². The van der Waals surface area contributed by atoms with E-state index in [0.29, 0.717) is 11.4 Å². The number of hydrogen-bond donors (Lipinski definition) is 1. The highest BCUT2D eigenvalue weighted by Crippen LogP contribution is 2.27. The molecule has 0 aliphatic rings. The van der Waals surface area contributed by atoms with E-state index in [1.165, 1.54) is 6.20 Å². The van der Waals surface area contributed by atoms with Crippen molar-refractivity contribution < 1.29 is 14.6 Å². The molecule has 0 atom stereocenters. The highest BCUT2D eigenvalue weighted by atomic mass is 16.5. The van der Waals surface area contributed by atoms with Crippen molar-refractivity contribution in [1.82, 2.24) is 9.97 Å². The molecule has 0 unspecified atom stereocenters. The van der Waals surface area contributed by atoms with Crippen LogP contribution in [0.15, 0.2) is 30.6 Å². The zero-order valence-electron chi connectivity index (χ0n) is 11.5. The molecule has 2 rings (SSSR count). The maximum Gasteiger partial charge on any atom is 0.309 e. The van der Waals surface area contributed by atoms with Crippen molar-refractivity contribution in [2.45, 2.75) is 19.8 Å². The van der Waals surface area contributed by atoms with Gasteiger partial charge in [0.05, 0.1) is 24.9 Å². The molecule has 0 spiro atoms. The quantitative estimate of drug-likeness (QED) is 0.904. The molecule has 5 heteroatoms. The molecule has 5 nitrogen and oxygen atoms in total. The zero-order valence-corrected chi connectivity index (χ0v) is 11.5. The topological polar surface area (TPSA) is 72.3 Å². The summed E-state index contributed by atoms with van der Waals surface area (Å²) in [6, 6.07) is 5.70. The second kappa shape index (κ2) is 6.14. The second-order valence-corrected chi connectivity index (χ2v) is 4.30. The van der Waals surface area contributed by atoms with Crippen molar-refractivity contribution >= 4 is 5.97 Å². The lowest BCUT2D eigenvalue weighted by molar-refractivity contribution is -0.136. The highest BCUT2D eigenvalue weighted by Gasteiger charge is 2.13. The summed E-state index contributed by atoms with van der Waals surface area (Å²) in [5.74, 6) is -0.101. The molecule has 0 aliphatic carbocycles. The van der Waals surface area contributed by atoms with Crippen molar-refractivity contribution in [2.75, 3.05) is 7.11 Å². The minimum Gasteiger partial charge on any atom is -0.496 e. The maximum atomic E-state index is 10.9. The van der Waals surface area contributed by atoms with E-state index in [4.69, 9.17) is 9.84 Å². The number of carboxylic acid groups (broad SMARTS) is 1. The number of nitrogens with zero attached hydrogens (tertiary/aromatic N) is 2. The Hall–Kier alpha value is -2.43. The summed E-state index contributed by atoms with van der Waals surface area (Å²) < 4.78 is 5.29. The Morgan fingerprint density at radius 1 is 1.30 bits per heavy atom. The van der Waals surface area contributed by atoms with Gasteiger partial charge in [-0.15, -0.1) is 0 Å². The molecular formula is C15H16N2O3. The Morgan fingerprint density at radius 2 is 2.05 bits per heavy atom. The maximum absolute atomic E-state index is 10.9. The van der Waals surface area contributed by atoms with E-state index in [9.17, 15) is 4.79 Å². The van der Waals surface area contributed by atoms with Gasteiger partial charge in [0.25, 0.3) is 0 Å². The first-order chi connectivity index (χ1) is 9.65. The number of ether oxygens (including phenoxy) is 1. The molecule has 0 radical (unpaired) electrons. The Bertz CT molecular complexity index is 626. The standard InChI is InChI=1S/C15H16N2O3/c1-3-10-8-11(4-5-13(10)20-2)15-12(9-14(18)19)16-6-7-17-15/h4-8H,3,9H2,1-2H3,(H,18,19). The van der Waals surface area contributed by atoms with Crippen LogP contribution in [0.2, 0.25) is 0 Å². The van der Waals surface area contributed by atoms with E-state index in [1.807, 2.05) is 25.1 Å². The van der Waals surface area contributed by atoms with E-state index in [0.717, 1.165) is 23.3 Å². The van der Waals surface area contributed by atoms with Crippen molar-refractivity contribution in [3.8, 4) is 17.0 Å². The molecule has 1 N–H and O–H groups in total. The lowest BCUT2D eigenvalue weighted by Gasteiger charge is -2.10. The van der Waals surface area contributed by atoms with Gasteiger partial charge in [0.1, 0.15) is 5.75 Å². The number of hydrogen-bond acceptors (Lipinski definition) is 4. The van der Waals surface area contributed by atoms with Gasteiger partial charge in [0.15, 0.2) is 0 Å². The van der Waals surface area contributed by atoms with Gasteiger partial charge in [-0.2, -0.15) is 0 Å². The van der Waals surface area contributed by atoms with Crippen LogP contribution in [0.1, 0.15) is 18.2 Å². The van der Waals surface area contributed by atoms with Crippen molar-refractivity contribution in [3.63, 3.8) is 0 Å². The number of carbonyl (C=O) groups is 1. The van der Waals surface area contributed by atoms with Gasteiger partial charge >= 0.3 is 5.97 Å². The summed E-state index contributed by atoms with van der Waals surface area (Å²) in [6.07, 6.45) is 3.75. The molecule has 0 saturated carbocycles. The third-order valence-corrected chi connectivity index (χ3v) is 3.03. The summed E-state index contributed by atoms with van der Waals surface area (Å²) in [5, 5.41) is 8.93. The van der Waals surface area contributed by atoms with E-state index in [-0.39, 0.29) is 6.42 Å². The number of methoxy groups -OCH3 is 1. The van der Waals surface area contributed by atoms with E-state index >= 15 is 0 Å². The first-order valence-electron chi connectivity index (χ1n) is 6.34. The third kappa shape index (κ3) is 2.93. The number of aliphatic carboxylic acids is 1. The van der Waals surface area contributed by atoms with Gasteiger partial charge in [-0.3, -0.25) is 14.8 Å². The third-order valence-electron chi connectivity index (χ3n) is 3.03. The Labute approximate surface area is 117 Å². The SMILES string of the molecule is CCc1cc(-c2nccnc2CC(=O)O)ccc1OC. The summed E-state index contributed by atoms with van der Waals surface area (Å²) >= 11 is 0. The van der Waals surface area contributed by atoms with Gasteiger partial charge in [0, 0.05) is 18.0 Å². The Kier molecular flexibility index (Phi) is 4.30.